The minimum Gasteiger partial charge on any atom is -0.314 e. The molecule has 1 aromatic carbocycles. The van der Waals surface area contributed by atoms with Crippen molar-refractivity contribution in [2.24, 2.45) is 5.92 Å². The van der Waals surface area contributed by atoms with Gasteiger partial charge in [0.2, 0.25) is 0 Å². The lowest BCUT2D eigenvalue weighted by Crippen LogP contribution is -2.34. The molecule has 4 nitrogen and oxygen atoms in total. The molecule has 0 bridgehead atoms. The maximum atomic E-state index is 10.9. The molecule has 104 valence electrons. The van der Waals surface area contributed by atoms with Crippen molar-refractivity contribution in [3.63, 3.8) is 0 Å². The number of rotatable bonds is 5. The second-order valence-electron chi connectivity index (χ2n) is 5.56. The molecule has 2 atom stereocenters. The van der Waals surface area contributed by atoms with Crippen LogP contribution in [0.4, 0.5) is 5.69 Å². The summed E-state index contributed by atoms with van der Waals surface area (Å²) in [5, 5.41) is 14.5. The van der Waals surface area contributed by atoms with Crippen LogP contribution in [0.3, 0.4) is 0 Å². The zero-order valence-electron chi connectivity index (χ0n) is 11.5. The van der Waals surface area contributed by atoms with Crippen molar-refractivity contribution < 1.29 is 4.92 Å². The van der Waals surface area contributed by atoms with Gasteiger partial charge in [-0.25, -0.2) is 0 Å². The van der Waals surface area contributed by atoms with E-state index in [2.05, 4.69) is 12.2 Å². The fourth-order valence-electron chi connectivity index (χ4n) is 2.93. The Labute approximate surface area is 114 Å². The summed E-state index contributed by atoms with van der Waals surface area (Å²) in [5.74, 6) is 0.803. The molecule has 1 fully saturated rings. The fourth-order valence-corrected chi connectivity index (χ4v) is 2.93. The maximum Gasteiger partial charge on any atom is 0.272 e. The van der Waals surface area contributed by atoms with Gasteiger partial charge < -0.3 is 5.32 Å². The zero-order valence-corrected chi connectivity index (χ0v) is 11.5. The van der Waals surface area contributed by atoms with Gasteiger partial charge in [-0.2, -0.15) is 0 Å². The molecule has 0 heterocycles. The number of hydrogen-bond donors (Lipinski definition) is 1. The van der Waals surface area contributed by atoms with Crippen LogP contribution in [0, 0.1) is 16.0 Å². The van der Waals surface area contributed by atoms with Crippen LogP contribution in [0.2, 0.25) is 0 Å². The highest BCUT2D eigenvalue weighted by atomic mass is 16.6. The van der Waals surface area contributed by atoms with Crippen molar-refractivity contribution in [3.05, 3.63) is 39.9 Å². The number of hydrogen-bond acceptors (Lipinski definition) is 3. The Hall–Kier alpha value is -1.42. The first kappa shape index (κ1) is 14.0. The van der Waals surface area contributed by atoms with Gasteiger partial charge in [0, 0.05) is 17.7 Å². The van der Waals surface area contributed by atoms with Crippen LogP contribution in [0.25, 0.3) is 0 Å². The summed E-state index contributed by atoms with van der Waals surface area (Å²) in [5.41, 5.74) is 1.06. The van der Waals surface area contributed by atoms with Crippen LogP contribution in [0.15, 0.2) is 24.3 Å². The summed E-state index contributed by atoms with van der Waals surface area (Å²) in [6, 6.07) is 7.61. The quantitative estimate of drug-likeness (QED) is 0.654. The smallest absolute Gasteiger partial charge is 0.272 e. The predicted molar refractivity (Wildman–Crippen MR) is 76.2 cm³/mol. The Bertz CT molecular complexity index is 434. The molecular weight excluding hydrogens is 240 g/mol. The van der Waals surface area contributed by atoms with Gasteiger partial charge in [0.25, 0.3) is 5.69 Å². The second kappa shape index (κ2) is 6.66. The largest absolute Gasteiger partial charge is 0.314 e. The van der Waals surface area contributed by atoms with Crippen molar-refractivity contribution in [1.82, 2.24) is 5.32 Å². The minimum absolute atomic E-state index is 0.237. The summed E-state index contributed by atoms with van der Waals surface area (Å²) in [7, 11) is 0. The number of para-hydroxylation sites is 1. The van der Waals surface area contributed by atoms with E-state index in [0.717, 1.165) is 24.4 Å². The average Bonchev–Trinajstić information content (AvgIpc) is 2.39. The van der Waals surface area contributed by atoms with Crippen LogP contribution in [0.5, 0.6) is 0 Å². The van der Waals surface area contributed by atoms with Gasteiger partial charge in [-0.3, -0.25) is 10.1 Å². The number of nitrogens with one attached hydrogen (secondary N) is 1. The number of benzene rings is 1. The third-order valence-corrected chi connectivity index (χ3v) is 3.95. The van der Waals surface area contributed by atoms with E-state index in [1.54, 1.807) is 12.1 Å². The molecule has 1 N–H and O–H groups in total. The normalized spacial score (nSPS) is 23.2. The van der Waals surface area contributed by atoms with Crippen LogP contribution in [-0.4, -0.2) is 17.5 Å². The van der Waals surface area contributed by atoms with Crippen LogP contribution >= 0.6 is 0 Å². The summed E-state index contributed by atoms with van der Waals surface area (Å²) in [6.07, 6.45) is 5.83. The van der Waals surface area contributed by atoms with Gasteiger partial charge in [-0.05, 0) is 31.7 Å². The van der Waals surface area contributed by atoms with E-state index in [1.807, 2.05) is 12.1 Å². The highest BCUT2D eigenvalue weighted by Gasteiger charge is 2.18. The molecule has 1 aliphatic carbocycles. The Morgan fingerprint density at radius 1 is 1.37 bits per heavy atom. The van der Waals surface area contributed by atoms with E-state index >= 15 is 0 Å². The Morgan fingerprint density at radius 3 is 2.89 bits per heavy atom. The van der Waals surface area contributed by atoms with E-state index in [4.69, 9.17) is 0 Å². The van der Waals surface area contributed by atoms with Crippen molar-refractivity contribution >= 4 is 5.69 Å². The first-order valence-corrected chi connectivity index (χ1v) is 7.12. The van der Waals surface area contributed by atoms with E-state index in [9.17, 15) is 10.1 Å². The van der Waals surface area contributed by atoms with Crippen molar-refractivity contribution in [2.75, 3.05) is 6.54 Å². The molecule has 0 saturated heterocycles. The number of nitro benzene ring substituents is 1. The molecule has 1 aromatic rings. The monoisotopic (exact) mass is 262 g/mol. The molecule has 0 spiro atoms. The third kappa shape index (κ3) is 4.03. The fraction of sp³-hybridized carbons (Fsp3) is 0.600. The van der Waals surface area contributed by atoms with Crippen molar-refractivity contribution in [1.29, 1.82) is 0 Å². The molecule has 0 aliphatic heterocycles. The number of nitrogens with zero attached hydrogens (tertiary/aromatic N) is 1. The number of nitro groups is 1. The molecule has 2 unspecified atom stereocenters. The van der Waals surface area contributed by atoms with Crippen LogP contribution in [0.1, 0.15) is 38.2 Å². The standard InChI is InChI=1S/C15H22N2O2/c1-12-5-4-7-14(11-12)16-10-9-13-6-2-3-8-15(13)17(18)19/h2-3,6,8,12,14,16H,4-5,7,9-11H2,1H3. The zero-order chi connectivity index (χ0) is 13.7. The Morgan fingerprint density at radius 2 is 2.16 bits per heavy atom. The summed E-state index contributed by atoms with van der Waals surface area (Å²) < 4.78 is 0. The van der Waals surface area contributed by atoms with Gasteiger partial charge >= 0.3 is 0 Å². The van der Waals surface area contributed by atoms with E-state index in [-0.39, 0.29) is 10.6 Å². The van der Waals surface area contributed by atoms with Gasteiger partial charge in [0.1, 0.15) is 0 Å². The summed E-state index contributed by atoms with van der Waals surface area (Å²) in [4.78, 5) is 10.6. The molecule has 2 rings (SSSR count). The molecule has 0 radical (unpaired) electrons. The highest BCUT2D eigenvalue weighted by molar-refractivity contribution is 5.39. The van der Waals surface area contributed by atoms with Gasteiger partial charge in [0.15, 0.2) is 0 Å². The lowest BCUT2D eigenvalue weighted by atomic mass is 9.87. The minimum atomic E-state index is -0.294. The Balaban J connectivity index is 1.84. The van der Waals surface area contributed by atoms with Crippen LogP contribution < -0.4 is 5.32 Å². The maximum absolute atomic E-state index is 10.9. The molecular formula is C15H22N2O2. The van der Waals surface area contributed by atoms with Crippen LogP contribution in [-0.2, 0) is 6.42 Å². The summed E-state index contributed by atoms with van der Waals surface area (Å²) >= 11 is 0. The van der Waals surface area contributed by atoms with Gasteiger partial charge in [-0.1, -0.05) is 38.0 Å². The summed E-state index contributed by atoms with van der Waals surface area (Å²) in [6.45, 7) is 3.12. The highest BCUT2D eigenvalue weighted by Crippen LogP contribution is 2.23. The molecule has 0 amide bonds. The molecule has 19 heavy (non-hydrogen) atoms. The second-order valence-corrected chi connectivity index (χ2v) is 5.56. The third-order valence-electron chi connectivity index (χ3n) is 3.95. The molecule has 1 saturated carbocycles. The van der Waals surface area contributed by atoms with E-state index in [1.165, 1.54) is 25.7 Å². The Kier molecular flexibility index (Phi) is 4.91. The van der Waals surface area contributed by atoms with Gasteiger partial charge in [-0.15, -0.1) is 0 Å². The lowest BCUT2D eigenvalue weighted by Gasteiger charge is -2.27. The average molecular weight is 262 g/mol. The molecule has 4 heteroatoms. The molecule has 1 aliphatic rings. The molecule has 0 aromatic heterocycles. The predicted octanol–water partition coefficient (Wildman–Crippen LogP) is 3.31. The van der Waals surface area contributed by atoms with Crippen molar-refractivity contribution in [3.8, 4) is 0 Å². The van der Waals surface area contributed by atoms with Gasteiger partial charge in [0.05, 0.1) is 4.92 Å². The van der Waals surface area contributed by atoms with E-state index in [0.29, 0.717) is 6.04 Å². The van der Waals surface area contributed by atoms with Crippen molar-refractivity contribution in [2.45, 2.75) is 45.1 Å². The topological polar surface area (TPSA) is 55.2 Å². The first-order chi connectivity index (χ1) is 9.16. The first-order valence-electron chi connectivity index (χ1n) is 7.12. The van der Waals surface area contributed by atoms with E-state index < -0.39 is 0 Å². The SMILES string of the molecule is CC1CCCC(NCCc2ccccc2[N+](=O)[O-])C1. The lowest BCUT2D eigenvalue weighted by molar-refractivity contribution is -0.385.